The van der Waals surface area contributed by atoms with Crippen LogP contribution in [-0.4, -0.2) is 24.3 Å². The van der Waals surface area contributed by atoms with Gasteiger partial charge in [-0.05, 0) is 19.4 Å². The first-order valence-corrected chi connectivity index (χ1v) is 2.59. The van der Waals surface area contributed by atoms with Crippen LogP contribution in [0.3, 0.4) is 0 Å². The van der Waals surface area contributed by atoms with Crippen molar-refractivity contribution in [2.45, 2.75) is 12.5 Å². The molecule has 7 heavy (non-hydrogen) atoms. The van der Waals surface area contributed by atoms with Gasteiger partial charge in [0.25, 0.3) is 0 Å². The summed E-state index contributed by atoms with van der Waals surface area (Å²) in [5.74, 6) is 0. The molecule has 1 saturated heterocycles. The van der Waals surface area contributed by atoms with E-state index in [0.717, 1.165) is 13.0 Å². The third-order valence-corrected chi connectivity index (χ3v) is 1.22. The highest BCUT2D eigenvalue weighted by atomic mass is 16.3. The summed E-state index contributed by atoms with van der Waals surface area (Å²) >= 11 is 0. The van der Waals surface area contributed by atoms with Gasteiger partial charge in [0.05, 0.1) is 6.61 Å². The average Bonchev–Trinajstić information content (AvgIpc) is 2.14. The third kappa shape index (κ3) is 1.14. The van der Waals surface area contributed by atoms with Gasteiger partial charge in [0, 0.05) is 6.04 Å². The van der Waals surface area contributed by atoms with Gasteiger partial charge >= 0.3 is 0 Å². The smallest absolute Gasteiger partial charge is 0.0584 e. The van der Waals surface area contributed by atoms with Gasteiger partial charge < -0.3 is 10.4 Å². The Morgan fingerprint density at radius 2 is 2.71 bits per heavy atom. The maximum Gasteiger partial charge on any atom is 0.0584 e. The Bertz CT molecular complexity index is 50.0. The van der Waals surface area contributed by atoms with Gasteiger partial charge in [-0.25, -0.2) is 0 Å². The molecule has 0 amide bonds. The lowest BCUT2D eigenvalue weighted by atomic mass is 10.2. The second-order valence-electron chi connectivity index (χ2n) is 1.81. The highest BCUT2D eigenvalue weighted by Crippen LogP contribution is 2.00. The van der Waals surface area contributed by atoms with Crippen molar-refractivity contribution in [2.75, 3.05) is 13.2 Å². The second kappa shape index (κ2) is 2.28. The quantitative estimate of drug-likeness (QED) is 0.467. The van der Waals surface area contributed by atoms with Crippen LogP contribution in [0.15, 0.2) is 0 Å². The van der Waals surface area contributed by atoms with Crippen LogP contribution in [0.25, 0.3) is 0 Å². The molecule has 0 aromatic carbocycles. The zero-order chi connectivity index (χ0) is 5.11. The average molecular weight is 100 g/mol. The van der Waals surface area contributed by atoms with Crippen LogP contribution in [0.5, 0.6) is 0 Å². The lowest BCUT2D eigenvalue weighted by molar-refractivity contribution is 0.256. The van der Waals surface area contributed by atoms with Crippen molar-refractivity contribution < 1.29 is 5.11 Å². The van der Waals surface area contributed by atoms with Gasteiger partial charge in [0.15, 0.2) is 0 Å². The molecule has 0 aromatic heterocycles. The highest BCUT2D eigenvalue weighted by Gasteiger charge is 2.11. The molecular formula is C5H10NO. The number of rotatable bonds is 1. The molecule has 0 bridgehead atoms. The second-order valence-corrected chi connectivity index (χ2v) is 1.81. The van der Waals surface area contributed by atoms with E-state index in [9.17, 15) is 0 Å². The van der Waals surface area contributed by atoms with Crippen LogP contribution >= 0.6 is 0 Å². The Labute approximate surface area is 43.5 Å². The molecule has 1 radical (unpaired) electrons. The monoisotopic (exact) mass is 100 g/mol. The summed E-state index contributed by atoms with van der Waals surface area (Å²) in [5, 5.41) is 11.6. The van der Waals surface area contributed by atoms with Crippen molar-refractivity contribution in [2.24, 2.45) is 0 Å². The Kier molecular flexibility index (Phi) is 1.65. The van der Waals surface area contributed by atoms with Crippen molar-refractivity contribution in [3.8, 4) is 0 Å². The number of nitrogens with one attached hydrogen (secondary N) is 1. The Hall–Kier alpha value is -0.0800. The van der Waals surface area contributed by atoms with Gasteiger partial charge in [-0.15, -0.1) is 0 Å². The molecule has 0 aromatic rings. The maximum absolute atomic E-state index is 8.48. The van der Waals surface area contributed by atoms with E-state index in [4.69, 9.17) is 5.11 Å². The van der Waals surface area contributed by atoms with E-state index in [-0.39, 0.29) is 6.61 Å². The Morgan fingerprint density at radius 1 is 1.86 bits per heavy atom. The largest absolute Gasteiger partial charge is 0.395 e. The summed E-state index contributed by atoms with van der Waals surface area (Å²) in [6, 6.07) is 0.347. The summed E-state index contributed by atoms with van der Waals surface area (Å²) in [5.41, 5.74) is 0. The van der Waals surface area contributed by atoms with Crippen molar-refractivity contribution in [1.82, 2.24) is 5.32 Å². The van der Waals surface area contributed by atoms with Crippen molar-refractivity contribution >= 4 is 0 Å². The summed E-state index contributed by atoms with van der Waals surface area (Å²) < 4.78 is 0. The van der Waals surface area contributed by atoms with Crippen LogP contribution in [0, 0.1) is 6.42 Å². The Morgan fingerprint density at radius 3 is 3.00 bits per heavy atom. The normalized spacial score (nSPS) is 31.3. The van der Waals surface area contributed by atoms with Crippen LogP contribution in [0.1, 0.15) is 6.42 Å². The van der Waals surface area contributed by atoms with Gasteiger partial charge in [-0.3, -0.25) is 0 Å². The molecule has 1 rings (SSSR count). The van der Waals surface area contributed by atoms with E-state index in [1.54, 1.807) is 0 Å². The summed E-state index contributed by atoms with van der Waals surface area (Å²) in [4.78, 5) is 0. The minimum absolute atomic E-state index is 0.274. The number of aliphatic hydroxyl groups is 1. The van der Waals surface area contributed by atoms with E-state index < -0.39 is 0 Å². The molecule has 2 heteroatoms. The van der Waals surface area contributed by atoms with E-state index in [0.29, 0.717) is 6.04 Å². The van der Waals surface area contributed by atoms with E-state index in [2.05, 4.69) is 11.7 Å². The van der Waals surface area contributed by atoms with Crippen molar-refractivity contribution in [1.29, 1.82) is 0 Å². The molecule has 2 N–H and O–H groups in total. The van der Waals surface area contributed by atoms with Gasteiger partial charge in [0.2, 0.25) is 0 Å². The zero-order valence-corrected chi connectivity index (χ0v) is 4.22. The molecule has 1 heterocycles. The molecule has 0 saturated carbocycles. The van der Waals surface area contributed by atoms with Gasteiger partial charge in [-0.1, -0.05) is 0 Å². The molecule has 1 aliphatic rings. The third-order valence-electron chi connectivity index (χ3n) is 1.22. The molecule has 41 valence electrons. The number of hydrogen-bond acceptors (Lipinski definition) is 2. The highest BCUT2D eigenvalue weighted by molar-refractivity contribution is 4.85. The first-order valence-electron chi connectivity index (χ1n) is 2.59. The van der Waals surface area contributed by atoms with E-state index in [1.165, 1.54) is 0 Å². The lowest BCUT2D eigenvalue weighted by Crippen LogP contribution is -2.24. The fourth-order valence-corrected chi connectivity index (χ4v) is 0.757. The van der Waals surface area contributed by atoms with E-state index in [1.807, 2.05) is 0 Å². The van der Waals surface area contributed by atoms with Crippen LogP contribution in [0.2, 0.25) is 0 Å². The fraction of sp³-hybridized carbons (Fsp3) is 0.800. The van der Waals surface area contributed by atoms with Crippen LogP contribution in [0.4, 0.5) is 0 Å². The summed E-state index contributed by atoms with van der Waals surface area (Å²) in [6.45, 7) is 1.24. The summed E-state index contributed by atoms with van der Waals surface area (Å²) in [7, 11) is 0. The molecule has 0 aliphatic carbocycles. The molecule has 1 atom stereocenters. The molecule has 2 nitrogen and oxygen atoms in total. The minimum Gasteiger partial charge on any atom is -0.395 e. The predicted octanol–water partition coefficient (Wildman–Crippen LogP) is -0.455. The van der Waals surface area contributed by atoms with Crippen LogP contribution < -0.4 is 5.32 Å². The fourth-order valence-electron chi connectivity index (χ4n) is 0.757. The number of aliphatic hydroxyl groups excluding tert-OH is 1. The molecule has 1 aliphatic heterocycles. The lowest BCUT2D eigenvalue weighted by Gasteiger charge is -2.01. The molecule has 1 unspecified atom stereocenters. The van der Waals surface area contributed by atoms with Crippen LogP contribution in [-0.2, 0) is 0 Å². The standard InChI is InChI=1S/C5H10NO/c7-4-5-2-1-3-6-5/h1,5-7H,2-4H2. The molecule has 1 fully saturated rings. The van der Waals surface area contributed by atoms with Crippen molar-refractivity contribution in [3.63, 3.8) is 0 Å². The zero-order valence-electron chi connectivity index (χ0n) is 4.22. The van der Waals surface area contributed by atoms with Gasteiger partial charge in [0.1, 0.15) is 0 Å². The predicted molar refractivity (Wildman–Crippen MR) is 27.8 cm³/mol. The van der Waals surface area contributed by atoms with Gasteiger partial charge in [-0.2, -0.15) is 0 Å². The Balaban J connectivity index is 2.14. The SMILES string of the molecule is OCC1C[CH]CN1. The number of hydrogen-bond donors (Lipinski definition) is 2. The van der Waals surface area contributed by atoms with E-state index >= 15 is 0 Å². The topological polar surface area (TPSA) is 32.3 Å². The molecule has 0 spiro atoms. The minimum atomic E-state index is 0.274. The summed E-state index contributed by atoms with van der Waals surface area (Å²) in [6.07, 6.45) is 3.16. The van der Waals surface area contributed by atoms with Crippen molar-refractivity contribution in [3.05, 3.63) is 6.42 Å². The first-order chi connectivity index (χ1) is 3.43. The molecular weight excluding hydrogens is 90.1 g/mol. The maximum atomic E-state index is 8.48. The first kappa shape index (κ1) is 5.06.